The summed E-state index contributed by atoms with van der Waals surface area (Å²) < 4.78 is 1.05. The number of hydrogen-bond acceptors (Lipinski definition) is 2. The molecule has 1 aliphatic heterocycles. The predicted molar refractivity (Wildman–Crippen MR) is 88.2 cm³/mol. The van der Waals surface area contributed by atoms with Crippen LogP contribution in [0.2, 0.25) is 5.02 Å². The summed E-state index contributed by atoms with van der Waals surface area (Å²) in [7, 11) is 0. The number of nitrogens with one attached hydrogen (secondary N) is 1. The van der Waals surface area contributed by atoms with Gasteiger partial charge in [-0.2, -0.15) is 0 Å². The molecule has 1 saturated carbocycles. The Balaban J connectivity index is 1.82. The molecule has 0 bridgehead atoms. The van der Waals surface area contributed by atoms with Crippen LogP contribution < -0.4 is 5.32 Å². The Labute approximate surface area is 135 Å². The topological polar surface area (TPSA) is 15.3 Å². The molecule has 1 N–H and O–H groups in total. The minimum absolute atomic E-state index is 0.281. The molecule has 20 heavy (non-hydrogen) atoms. The predicted octanol–water partition coefficient (Wildman–Crippen LogP) is 4.06. The van der Waals surface area contributed by atoms with Crippen molar-refractivity contribution >= 4 is 27.5 Å². The standard InChI is InChI=1S/C16H22BrClN2/c1-11-8-20(16(2,10-19-11)13-4-5-13)9-12-3-6-14(17)7-15(12)18/h3,6-7,11,13,19H,4-5,8-10H2,1-2H3. The Morgan fingerprint density at radius 3 is 2.85 bits per heavy atom. The second-order valence-corrected chi connectivity index (χ2v) is 7.85. The molecule has 2 atom stereocenters. The summed E-state index contributed by atoms with van der Waals surface area (Å²) in [5, 5.41) is 4.52. The van der Waals surface area contributed by atoms with Gasteiger partial charge in [0.15, 0.2) is 0 Å². The quantitative estimate of drug-likeness (QED) is 0.877. The SMILES string of the molecule is CC1CN(Cc2ccc(Br)cc2Cl)C(C)(C2CC2)CN1. The van der Waals surface area contributed by atoms with Gasteiger partial charge in [0, 0.05) is 40.7 Å². The van der Waals surface area contributed by atoms with E-state index in [2.05, 4.69) is 52.1 Å². The molecule has 1 heterocycles. The first kappa shape index (κ1) is 14.8. The third kappa shape index (κ3) is 2.92. The van der Waals surface area contributed by atoms with Crippen molar-refractivity contribution < 1.29 is 0 Å². The van der Waals surface area contributed by atoms with E-state index in [1.807, 2.05) is 6.07 Å². The maximum Gasteiger partial charge on any atom is 0.0462 e. The second-order valence-electron chi connectivity index (χ2n) is 6.53. The largest absolute Gasteiger partial charge is 0.311 e. The van der Waals surface area contributed by atoms with Gasteiger partial charge >= 0.3 is 0 Å². The van der Waals surface area contributed by atoms with Crippen LogP contribution >= 0.6 is 27.5 Å². The highest BCUT2D eigenvalue weighted by Gasteiger charge is 2.47. The van der Waals surface area contributed by atoms with Gasteiger partial charge in [0.2, 0.25) is 0 Å². The molecule has 2 aliphatic rings. The molecule has 0 aromatic heterocycles. The fraction of sp³-hybridized carbons (Fsp3) is 0.625. The van der Waals surface area contributed by atoms with E-state index in [1.54, 1.807) is 0 Å². The van der Waals surface area contributed by atoms with E-state index in [-0.39, 0.29) is 5.54 Å². The van der Waals surface area contributed by atoms with Crippen molar-refractivity contribution in [3.05, 3.63) is 33.3 Å². The van der Waals surface area contributed by atoms with Crippen LogP contribution in [0.5, 0.6) is 0 Å². The van der Waals surface area contributed by atoms with E-state index in [9.17, 15) is 0 Å². The number of nitrogens with zero attached hydrogens (tertiary/aromatic N) is 1. The fourth-order valence-electron chi connectivity index (χ4n) is 3.30. The van der Waals surface area contributed by atoms with Crippen LogP contribution in [0, 0.1) is 5.92 Å². The lowest BCUT2D eigenvalue weighted by atomic mass is 9.89. The van der Waals surface area contributed by atoms with Crippen molar-refractivity contribution in [3.63, 3.8) is 0 Å². The molecule has 2 fully saturated rings. The average Bonchev–Trinajstić information content (AvgIpc) is 3.22. The molecule has 1 aromatic carbocycles. The van der Waals surface area contributed by atoms with Crippen LogP contribution in [0.4, 0.5) is 0 Å². The zero-order valence-electron chi connectivity index (χ0n) is 12.1. The Hall–Kier alpha value is -0.0900. The number of benzene rings is 1. The van der Waals surface area contributed by atoms with E-state index >= 15 is 0 Å². The average molecular weight is 358 g/mol. The molecule has 2 unspecified atom stereocenters. The summed E-state index contributed by atoms with van der Waals surface area (Å²) in [5.74, 6) is 0.844. The molecule has 2 nitrogen and oxygen atoms in total. The number of rotatable bonds is 3. The Morgan fingerprint density at radius 2 is 2.20 bits per heavy atom. The van der Waals surface area contributed by atoms with Crippen LogP contribution in [0.15, 0.2) is 22.7 Å². The molecule has 0 spiro atoms. The minimum Gasteiger partial charge on any atom is -0.311 e. The number of halogens is 2. The monoisotopic (exact) mass is 356 g/mol. The van der Waals surface area contributed by atoms with Crippen LogP contribution in [-0.2, 0) is 6.54 Å². The molecular weight excluding hydrogens is 336 g/mol. The van der Waals surface area contributed by atoms with Crippen molar-refractivity contribution in [1.82, 2.24) is 10.2 Å². The van der Waals surface area contributed by atoms with Crippen molar-refractivity contribution in [2.45, 2.75) is 44.8 Å². The van der Waals surface area contributed by atoms with Crippen LogP contribution in [0.25, 0.3) is 0 Å². The fourth-order valence-corrected chi connectivity index (χ4v) is 4.04. The second kappa shape index (κ2) is 5.60. The number of hydrogen-bond donors (Lipinski definition) is 1. The summed E-state index contributed by atoms with van der Waals surface area (Å²) in [6.07, 6.45) is 2.74. The van der Waals surface area contributed by atoms with E-state index in [4.69, 9.17) is 11.6 Å². The minimum atomic E-state index is 0.281. The number of piperazine rings is 1. The smallest absolute Gasteiger partial charge is 0.0462 e. The molecule has 110 valence electrons. The van der Waals surface area contributed by atoms with Crippen LogP contribution in [-0.4, -0.2) is 29.6 Å². The first-order valence-corrected chi connectivity index (χ1v) is 8.58. The highest BCUT2D eigenvalue weighted by atomic mass is 79.9. The Kier molecular flexibility index (Phi) is 4.15. The van der Waals surface area contributed by atoms with Crippen LogP contribution in [0.3, 0.4) is 0 Å². The highest BCUT2D eigenvalue weighted by Crippen LogP contribution is 2.44. The molecule has 3 rings (SSSR count). The lowest BCUT2D eigenvalue weighted by molar-refractivity contribution is 0.0312. The van der Waals surface area contributed by atoms with Gasteiger partial charge in [0.1, 0.15) is 0 Å². The van der Waals surface area contributed by atoms with Gasteiger partial charge in [-0.25, -0.2) is 0 Å². The van der Waals surface area contributed by atoms with Crippen molar-refractivity contribution in [2.24, 2.45) is 5.92 Å². The van der Waals surface area contributed by atoms with Crippen LogP contribution in [0.1, 0.15) is 32.3 Å². The maximum atomic E-state index is 6.40. The highest BCUT2D eigenvalue weighted by molar-refractivity contribution is 9.10. The van der Waals surface area contributed by atoms with Crippen molar-refractivity contribution in [1.29, 1.82) is 0 Å². The summed E-state index contributed by atoms with van der Waals surface area (Å²) in [6.45, 7) is 7.82. The summed E-state index contributed by atoms with van der Waals surface area (Å²) in [4.78, 5) is 2.64. The Morgan fingerprint density at radius 1 is 1.45 bits per heavy atom. The molecule has 4 heteroatoms. The molecule has 1 aliphatic carbocycles. The maximum absolute atomic E-state index is 6.40. The van der Waals surface area contributed by atoms with E-state index in [0.29, 0.717) is 6.04 Å². The van der Waals surface area contributed by atoms with E-state index in [0.717, 1.165) is 35.0 Å². The lowest BCUT2D eigenvalue weighted by Crippen LogP contribution is -2.63. The molecular formula is C16H22BrClN2. The first-order valence-electron chi connectivity index (χ1n) is 7.41. The molecule has 0 amide bonds. The van der Waals surface area contributed by atoms with Gasteiger partial charge in [-0.15, -0.1) is 0 Å². The third-order valence-electron chi connectivity index (χ3n) is 4.86. The van der Waals surface area contributed by atoms with E-state index < -0.39 is 0 Å². The third-order valence-corrected chi connectivity index (χ3v) is 5.70. The lowest BCUT2D eigenvalue weighted by Gasteiger charge is -2.48. The van der Waals surface area contributed by atoms with E-state index in [1.165, 1.54) is 18.4 Å². The zero-order chi connectivity index (χ0) is 14.3. The van der Waals surface area contributed by atoms with Gasteiger partial charge in [0.25, 0.3) is 0 Å². The van der Waals surface area contributed by atoms with Crippen molar-refractivity contribution in [3.8, 4) is 0 Å². The zero-order valence-corrected chi connectivity index (χ0v) is 14.5. The Bertz CT molecular complexity index is 503. The summed E-state index contributed by atoms with van der Waals surface area (Å²) in [6, 6.07) is 6.78. The van der Waals surface area contributed by atoms with Gasteiger partial charge in [-0.05, 0) is 50.3 Å². The molecule has 0 radical (unpaired) electrons. The summed E-state index contributed by atoms with van der Waals surface area (Å²) >= 11 is 9.88. The van der Waals surface area contributed by atoms with Crippen molar-refractivity contribution in [2.75, 3.05) is 13.1 Å². The molecule has 1 saturated heterocycles. The van der Waals surface area contributed by atoms with Gasteiger partial charge in [0.05, 0.1) is 0 Å². The first-order chi connectivity index (χ1) is 9.49. The summed E-state index contributed by atoms with van der Waals surface area (Å²) in [5.41, 5.74) is 1.51. The normalized spacial score (nSPS) is 31.5. The molecule has 1 aromatic rings. The van der Waals surface area contributed by atoms with Gasteiger partial charge < -0.3 is 5.32 Å². The van der Waals surface area contributed by atoms with Gasteiger partial charge in [-0.1, -0.05) is 33.6 Å². The van der Waals surface area contributed by atoms with Gasteiger partial charge in [-0.3, -0.25) is 4.90 Å².